The number of alkyl halides is 2. The molecule has 5 heteroatoms. The van der Waals surface area contributed by atoms with Gasteiger partial charge in [-0.3, -0.25) is 4.79 Å². The minimum atomic E-state index is -2.69. The SMILES string of the molecule is CC(C)(OCC(F)F)C(=O)F. The van der Waals surface area contributed by atoms with Crippen molar-refractivity contribution in [3.63, 3.8) is 0 Å². The Hall–Kier alpha value is -0.580. The van der Waals surface area contributed by atoms with Crippen molar-refractivity contribution in [2.24, 2.45) is 0 Å². The molecular formula is C6H9F3O2. The van der Waals surface area contributed by atoms with Gasteiger partial charge in [-0.1, -0.05) is 0 Å². The van der Waals surface area contributed by atoms with E-state index in [-0.39, 0.29) is 0 Å². The molecule has 0 N–H and O–H groups in total. The average molecular weight is 170 g/mol. The fraction of sp³-hybridized carbons (Fsp3) is 0.833. The molecule has 0 unspecified atom stereocenters. The van der Waals surface area contributed by atoms with E-state index in [1.807, 2.05) is 0 Å². The molecule has 0 aliphatic heterocycles. The van der Waals surface area contributed by atoms with Crippen molar-refractivity contribution in [3.05, 3.63) is 0 Å². The monoisotopic (exact) mass is 170 g/mol. The molecule has 0 aliphatic rings. The van der Waals surface area contributed by atoms with Crippen molar-refractivity contribution in [1.82, 2.24) is 0 Å². The zero-order chi connectivity index (χ0) is 9.07. The van der Waals surface area contributed by atoms with Crippen molar-refractivity contribution in [1.29, 1.82) is 0 Å². The summed E-state index contributed by atoms with van der Waals surface area (Å²) >= 11 is 0. The first-order valence-corrected chi connectivity index (χ1v) is 2.98. The fourth-order valence-electron chi connectivity index (χ4n) is 0.328. The lowest BCUT2D eigenvalue weighted by molar-refractivity contribution is -0.156. The van der Waals surface area contributed by atoms with Gasteiger partial charge in [0.15, 0.2) is 5.60 Å². The first kappa shape index (κ1) is 10.4. The lowest BCUT2D eigenvalue weighted by atomic mass is 10.1. The van der Waals surface area contributed by atoms with Gasteiger partial charge in [0.25, 0.3) is 6.43 Å². The molecule has 0 radical (unpaired) electrons. The van der Waals surface area contributed by atoms with Crippen molar-refractivity contribution < 1.29 is 22.7 Å². The molecule has 0 atom stereocenters. The maximum Gasteiger partial charge on any atom is 0.332 e. The van der Waals surface area contributed by atoms with Crippen molar-refractivity contribution in [3.8, 4) is 0 Å². The lowest BCUT2D eigenvalue weighted by Gasteiger charge is -2.18. The van der Waals surface area contributed by atoms with E-state index in [9.17, 15) is 18.0 Å². The Balaban J connectivity index is 3.83. The van der Waals surface area contributed by atoms with E-state index in [1.54, 1.807) is 0 Å². The Bertz CT molecular complexity index is 145. The number of carbonyl (C=O) groups excluding carboxylic acids is 1. The van der Waals surface area contributed by atoms with Crippen LogP contribution in [-0.4, -0.2) is 24.7 Å². The van der Waals surface area contributed by atoms with Gasteiger partial charge < -0.3 is 4.74 Å². The molecule has 0 heterocycles. The third kappa shape index (κ3) is 3.98. The summed E-state index contributed by atoms with van der Waals surface area (Å²) in [5.41, 5.74) is -1.75. The van der Waals surface area contributed by atoms with E-state index < -0.39 is 24.7 Å². The third-order valence-corrected chi connectivity index (χ3v) is 1.04. The second kappa shape index (κ2) is 3.71. The summed E-state index contributed by atoms with van der Waals surface area (Å²) in [6.07, 6.45) is -2.69. The number of carbonyl (C=O) groups is 1. The standard InChI is InChI=1S/C6H9F3O2/c1-6(2,5(9)10)11-3-4(7)8/h4H,3H2,1-2H3. The van der Waals surface area contributed by atoms with Crippen LogP contribution in [0.25, 0.3) is 0 Å². The molecule has 66 valence electrons. The Labute approximate surface area is 62.3 Å². The van der Waals surface area contributed by atoms with Gasteiger partial charge in [0, 0.05) is 0 Å². The molecule has 0 amide bonds. The highest BCUT2D eigenvalue weighted by Gasteiger charge is 2.29. The minimum Gasteiger partial charge on any atom is -0.359 e. The molecule has 2 nitrogen and oxygen atoms in total. The number of halogens is 3. The second-order valence-electron chi connectivity index (χ2n) is 2.49. The fourth-order valence-corrected chi connectivity index (χ4v) is 0.328. The van der Waals surface area contributed by atoms with Crippen LogP contribution in [0.2, 0.25) is 0 Å². The van der Waals surface area contributed by atoms with E-state index in [1.165, 1.54) is 0 Å². The topological polar surface area (TPSA) is 26.3 Å². The first-order chi connectivity index (χ1) is 4.86. The summed E-state index contributed by atoms with van der Waals surface area (Å²) in [6, 6.07) is -1.75. The van der Waals surface area contributed by atoms with E-state index in [0.717, 1.165) is 13.8 Å². The normalized spacial score (nSPS) is 12.2. The maximum atomic E-state index is 11.9. The van der Waals surface area contributed by atoms with Crippen LogP contribution < -0.4 is 0 Å². The minimum absolute atomic E-state index is 0.928. The van der Waals surface area contributed by atoms with Gasteiger partial charge in [0.2, 0.25) is 0 Å². The highest BCUT2D eigenvalue weighted by atomic mass is 19.3. The van der Waals surface area contributed by atoms with Crippen LogP contribution in [0.4, 0.5) is 13.2 Å². The van der Waals surface area contributed by atoms with Gasteiger partial charge in [-0.05, 0) is 13.8 Å². The molecule has 0 saturated carbocycles. The molecule has 0 bridgehead atoms. The van der Waals surface area contributed by atoms with Gasteiger partial charge in [0.1, 0.15) is 6.61 Å². The second-order valence-corrected chi connectivity index (χ2v) is 2.49. The van der Waals surface area contributed by atoms with Crippen LogP contribution in [0, 0.1) is 0 Å². The molecule has 0 aromatic heterocycles. The van der Waals surface area contributed by atoms with Gasteiger partial charge in [0.05, 0.1) is 0 Å². The predicted molar refractivity (Wildman–Crippen MR) is 32.1 cm³/mol. The molecule has 0 saturated heterocycles. The largest absolute Gasteiger partial charge is 0.359 e. The van der Waals surface area contributed by atoms with Gasteiger partial charge in [-0.15, -0.1) is 0 Å². The maximum absolute atomic E-state index is 11.9. The first-order valence-electron chi connectivity index (χ1n) is 2.98. The summed E-state index contributed by atoms with van der Waals surface area (Å²) in [5, 5.41) is 0. The number of hydrogen-bond acceptors (Lipinski definition) is 2. The molecular weight excluding hydrogens is 161 g/mol. The quantitative estimate of drug-likeness (QED) is 0.598. The summed E-state index contributed by atoms with van der Waals surface area (Å²) in [6.45, 7) is 1.26. The van der Waals surface area contributed by atoms with Gasteiger partial charge >= 0.3 is 6.04 Å². The Morgan fingerprint density at radius 1 is 1.55 bits per heavy atom. The highest BCUT2D eigenvalue weighted by molar-refractivity contribution is 5.77. The van der Waals surface area contributed by atoms with Crippen LogP contribution in [-0.2, 0) is 9.53 Å². The smallest absolute Gasteiger partial charge is 0.332 e. The zero-order valence-corrected chi connectivity index (χ0v) is 6.23. The van der Waals surface area contributed by atoms with E-state index in [2.05, 4.69) is 4.74 Å². The summed E-state index contributed by atoms with van der Waals surface area (Å²) < 4.78 is 39.1. The summed E-state index contributed by atoms with van der Waals surface area (Å²) in [5.74, 6) is 0. The molecule has 0 aromatic rings. The Kier molecular flexibility index (Phi) is 3.51. The van der Waals surface area contributed by atoms with E-state index in [4.69, 9.17) is 0 Å². The molecule has 11 heavy (non-hydrogen) atoms. The van der Waals surface area contributed by atoms with Crippen LogP contribution >= 0.6 is 0 Å². The Morgan fingerprint density at radius 3 is 2.27 bits per heavy atom. The predicted octanol–water partition coefficient (Wildman–Crippen LogP) is 1.54. The molecule has 0 aliphatic carbocycles. The summed E-state index contributed by atoms with van der Waals surface area (Å²) in [4.78, 5) is 10.0. The summed E-state index contributed by atoms with van der Waals surface area (Å²) in [7, 11) is 0. The molecule has 0 aromatic carbocycles. The third-order valence-electron chi connectivity index (χ3n) is 1.04. The lowest BCUT2D eigenvalue weighted by Crippen LogP contribution is -2.33. The van der Waals surface area contributed by atoms with Crippen LogP contribution in [0.15, 0.2) is 0 Å². The van der Waals surface area contributed by atoms with Gasteiger partial charge in [-0.2, -0.15) is 4.39 Å². The van der Waals surface area contributed by atoms with E-state index in [0.29, 0.717) is 0 Å². The Morgan fingerprint density at radius 2 is 2.00 bits per heavy atom. The number of rotatable bonds is 4. The number of ether oxygens (including phenoxy) is 1. The van der Waals surface area contributed by atoms with Gasteiger partial charge in [-0.25, -0.2) is 8.78 Å². The zero-order valence-electron chi connectivity index (χ0n) is 6.23. The average Bonchev–Trinajstić information content (AvgIpc) is 1.84. The molecule has 0 rings (SSSR count). The van der Waals surface area contributed by atoms with E-state index >= 15 is 0 Å². The van der Waals surface area contributed by atoms with Crippen molar-refractivity contribution in [2.45, 2.75) is 25.9 Å². The van der Waals surface area contributed by atoms with Crippen LogP contribution in [0.1, 0.15) is 13.8 Å². The molecule has 0 fully saturated rings. The van der Waals surface area contributed by atoms with Crippen molar-refractivity contribution in [2.75, 3.05) is 6.61 Å². The van der Waals surface area contributed by atoms with Crippen molar-refractivity contribution >= 4 is 6.04 Å². The molecule has 0 spiro atoms. The van der Waals surface area contributed by atoms with Crippen LogP contribution in [0.3, 0.4) is 0 Å². The highest BCUT2D eigenvalue weighted by Crippen LogP contribution is 2.12. The number of hydrogen-bond donors (Lipinski definition) is 0. The van der Waals surface area contributed by atoms with Crippen LogP contribution in [0.5, 0.6) is 0 Å².